The van der Waals surface area contributed by atoms with Crippen molar-refractivity contribution in [2.75, 3.05) is 0 Å². The van der Waals surface area contributed by atoms with Gasteiger partial charge in [0, 0.05) is 6.42 Å². The first kappa shape index (κ1) is 9.13. The molecular weight excluding hydrogens is 134 g/mol. The van der Waals surface area contributed by atoms with Crippen LogP contribution >= 0.6 is 0 Å². The molecule has 0 aliphatic carbocycles. The van der Waals surface area contributed by atoms with Gasteiger partial charge < -0.3 is 5.11 Å². The van der Waals surface area contributed by atoms with Crippen molar-refractivity contribution < 1.29 is 14.7 Å². The molecule has 4 nitrogen and oxygen atoms in total. The highest BCUT2D eigenvalue weighted by Crippen LogP contribution is 2.12. The maximum atomic E-state index is 10.4. The summed E-state index contributed by atoms with van der Waals surface area (Å²) < 4.78 is 0. The molecular formula is C6H11NO3. The molecule has 0 amide bonds. The van der Waals surface area contributed by atoms with Gasteiger partial charge in [0.05, 0.1) is 0 Å². The number of aliphatic carboxylic acids is 1. The summed E-state index contributed by atoms with van der Waals surface area (Å²) in [5, 5.41) is 8.51. The van der Waals surface area contributed by atoms with Crippen LogP contribution in [0.3, 0.4) is 0 Å². The van der Waals surface area contributed by atoms with Crippen molar-refractivity contribution in [1.29, 1.82) is 0 Å². The minimum Gasteiger partial charge on any atom is -0.479 e. The summed E-state index contributed by atoms with van der Waals surface area (Å²) in [5.74, 6) is 3.68. The van der Waals surface area contributed by atoms with Crippen LogP contribution in [0.15, 0.2) is 12.7 Å². The molecule has 0 fully saturated rings. The predicted octanol–water partition coefficient (Wildman–Crippen LogP) is 0.296. The molecule has 0 aromatic carbocycles. The smallest absolute Gasteiger partial charge is 0.338 e. The van der Waals surface area contributed by atoms with Crippen molar-refractivity contribution in [2.24, 2.45) is 5.90 Å². The average molecular weight is 145 g/mol. The maximum Gasteiger partial charge on any atom is 0.338 e. The SMILES string of the molecule is C=CCC(C)(ON)C(=O)O. The Morgan fingerprint density at radius 2 is 2.50 bits per heavy atom. The molecule has 0 heterocycles. The number of hydrogen-bond acceptors (Lipinski definition) is 3. The Morgan fingerprint density at radius 1 is 2.00 bits per heavy atom. The molecule has 1 unspecified atom stereocenters. The number of rotatable bonds is 4. The number of hydrogen-bond donors (Lipinski definition) is 2. The summed E-state index contributed by atoms with van der Waals surface area (Å²) in [4.78, 5) is 14.7. The third-order valence-electron chi connectivity index (χ3n) is 1.25. The topological polar surface area (TPSA) is 72.5 Å². The lowest BCUT2D eigenvalue weighted by Gasteiger charge is -2.19. The van der Waals surface area contributed by atoms with Crippen LogP contribution in [0.1, 0.15) is 13.3 Å². The van der Waals surface area contributed by atoms with Gasteiger partial charge in [-0.1, -0.05) is 6.08 Å². The zero-order chi connectivity index (χ0) is 8.20. The monoisotopic (exact) mass is 145 g/mol. The predicted molar refractivity (Wildman–Crippen MR) is 36.1 cm³/mol. The number of carbonyl (C=O) groups is 1. The van der Waals surface area contributed by atoms with Gasteiger partial charge in [0.1, 0.15) is 0 Å². The van der Waals surface area contributed by atoms with Crippen LogP contribution in [0.25, 0.3) is 0 Å². The first-order chi connectivity index (χ1) is 4.56. The fourth-order valence-electron chi connectivity index (χ4n) is 0.461. The van der Waals surface area contributed by atoms with E-state index < -0.39 is 11.6 Å². The van der Waals surface area contributed by atoms with Crippen LogP contribution in [0.2, 0.25) is 0 Å². The van der Waals surface area contributed by atoms with Gasteiger partial charge in [-0.05, 0) is 6.92 Å². The van der Waals surface area contributed by atoms with Crippen LogP contribution in [0.5, 0.6) is 0 Å². The molecule has 0 aromatic rings. The molecule has 0 aromatic heterocycles. The van der Waals surface area contributed by atoms with Crippen molar-refractivity contribution in [3.63, 3.8) is 0 Å². The lowest BCUT2D eigenvalue weighted by atomic mass is 10.0. The van der Waals surface area contributed by atoms with Gasteiger partial charge in [-0.3, -0.25) is 4.84 Å². The Balaban J connectivity index is 4.21. The molecule has 0 radical (unpaired) electrons. The van der Waals surface area contributed by atoms with Gasteiger partial charge >= 0.3 is 5.97 Å². The summed E-state index contributed by atoms with van der Waals surface area (Å²) in [6.45, 7) is 4.76. The Labute approximate surface area is 59.2 Å². The molecule has 0 rings (SSSR count). The lowest BCUT2D eigenvalue weighted by molar-refractivity contribution is -0.163. The Morgan fingerprint density at radius 3 is 2.60 bits per heavy atom. The molecule has 1 atom stereocenters. The van der Waals surface area contributed by atoms with Crippen molar-refractivity contribution in [2.45, 2.75) is 18.9 Å². The quantitative estimate of drug-likeness (QED) is 0.440. The van der Waals surface area contributed by atoms with E-state index in [0.29, 0.717) is 0 Å². The molecule has 3 N–H and O–H groups in total. The van der Waals surface area contributed by atoms with Crippen molar-refractivity contribution in [1.82, 2.24) is 0 Å². The minimum absolute atomic E-state index is 0.193. The van der Waals surface area contributed by atoms with Crippen molar-refractivity contribution in [3.05, 3.63) is 12.7 Å². The molecule has 0 aliphatic heterocycles. The highest BCUT2D eigenvalue weighted by Gasteiger charge is 2.32. The van der Waals surface area contributed by atoms with Crippen molar-refractivity contribution >= 4 is 5.97 Å². The first-order valence-corrected chi connectivity index (χ1v) is 2.79. The van der Waals surface area contributed by atoms with Crippen molar-refractivity contribution in [3.8, 4) is 0 Å². The third kappa shape index (κ3) is 1.82. The third-order valence-corrected chi connectivity index (χ3v) is 1.25. The largest absolute Gasteiger partial charge is 0.479 e. The van der Waals surface area contributed by atoms with Gasteiger partial charge in [0.25, 0.3) is 0 Å². The van der Waals surface area contributed by atoms with E-state index in [1.165, 1.54) is 13.0 Å². The summed E-state index contributed by atoms with van der Waals surface area (Å²) in [6, 6.07) is 0. The van der Waals surface area contributed by atoms with Crippen LogP contribution in [0, 0.1) is 0 Å². The van der Waals surface area contributed by atoms with Gasteiger partial charge in [-0.2, -0.15) is 0 Å². The molecule has 0 bridgehead atoms. The van der Waals surface area contributed by atoms with Crippen LogP contribution < -0.4 is 5.90 Å². The van der Waals surface area contributed by atoms with Gasteiger partial charge in [-0.25, -0.2) is 10.7 Å². The number of carboxylic acids is 1. The molecule has 0 saturated carbocycles. The Kier molecular flexibility index (Phi) is 3.05. The van der Waals surface area contributed by atoms with E-state index >= 15 is 0 Å². The van der Waals surface area contributed by atoms with E-state index in [9.17, 15) is 4.79 Å². The van der Waals surface area contributed by atoms with Crippen LogP contribution in [-0.2, 0) is 9.63 Å². The number of carboxylic acid groups (broad SMARTS) is 1. The molecule has 58 valence electrons. The van der Waals surface area contributed by atoms with E-state index in [0.717, 1.165) is 0 Å². The second-order valence-electron chi connectivity index (χ2n) is 2.15. The zero-order valence-corrected chi connectivity index (χ0v) is 5.83. The van der Waals surface area contributed by atoms with Gasteiger partial charge in [-0.15, -0.1) is 6.58 Å². The highest BCUT2D eigenvalue weighted by atomic mass is 16.6. The standard InChI is InChI=1S/C6H11NO3/c1-3-4-6(2,10-7)5(8)9/h3H,1,4,7H2,2H3,(H,8,9). The fraction of sp³-hybridized carbons (Fsp3) is 0.500. The Hall–Kier alpha value is -0.870. The van der Waals surface area contributed by atoms with Crippen LogP contribution in [0.4, 0.5) is 0 Å². The molecule has 4 heteroatoms. The molecule has 0 spiro atoms. The molecule has 0 saturated heterocycles. The Bertz CT molecular complexity index is 146. The summed E-state index contributed by atoms with van der Waals surface area (Å²) in [6.07, 6.45) is 1.64. The fourth-order valence-corrected chi connectivity index (χ4v) is 0.461. The van der Waals surface area contributed by atoms with E-state index in [4.69, 9.17) is 11.0 Å². The van der Waals surface area contributed by atoms with E-state index in [1.54, 1.807) is 0 Å². The van der Waals surface area contributed by atoms with Gasteiger partial charge in [0.15, 0.2) is 5.60 Å². The second-order valence-corrected chi connectivity index (χ2v) is 2.15. The zero-order valence-electron chi connectivity index (χ0n) is 5.83. The van der Waals surface area contributed by atoms with E-state index in [1.807, 2.05) is 0 Å². The van der Waals surface area contributed by atoms with Gasteiger partial charge in [0.2, 0.25) is 0 Å². The molecule has 10 heavy (non-hydrogen) atoms. The maximum absolute atomic E-state index is 10.4. The first-order valence-electron chi connectivity index (χ1n) is 2.79. The normalized spacial score (nSPS) is 15.8. The molecule has 0 aliphatic rings. The number of nitrogens with two attached hydrogens (primary N) is 1. The average Bonchev–Trinajstić information content (AvgIpc) is 1.88. The second kappa shape index (κ2) is 3.34. The summed E-state index contributed by atoms with van der Waals surface area (Å²) in [7, 11) is 0. The van der Waals surface area contributed by atoms with E-state index in [-0.39, 0.29) is 6.42 Å². The highest BCUT2D eigenvalue weighted by molar-refractivity contribution is 5.77. The van der Waals surface area contributed by atoms with E-state index in [2.05, 4.69) is 11.4 Å². The minimum atomic E-state index is -1.33. The lowest BCUT2D eigenvalue weighted by Crippen LogP contribution is -2.40. The summed E-state index contributed by atoms with van der Waals surface area (Å²) >= 11 is 0. The van der Waals surface area contributed by atoms with Crippen LogP contribution in [-0.4, -0.2) is 16.7 Å². The summed E-state index contributed by atoms with van der Waals surface area (Å²) in [5.41, 5.74) is -1.33.